The summed E-state index contributed by atoms with van der Waals surface area (Å²) in [5.74, 6) is -1.38. The van der Waals surface area contributed by atoms with Crippen molar-refractivity contribution in [1.29, 1.82) is 0 Å². The molecule has 3 aromatic rings. The summed E-state index contributed by atoms with van der Waals surface area (Å²) in [6.07, 6.45) is 0.775. The lowest BCUT2D eigenvalue weighted by molar-refractivity contribution is 0.0940. The molecule has 0 aromatic heterocycles. The summed E-state index contributed by atoms with van der Waals surface area (Å²) in [7, 11) is -1.25. The molecule has 0 spiro atoms. The van der Waals surface area contributed by atoms with Gasteiger partial charge < -0.3 is 10.6 Å². The third-order valence-electron chi connectivity index (χ3n) is 5.81. The summed E-state index contributed by atoms with van der Waals surface area (Å²) in [4.78, 5) is 25.5. The van der Waals surface area contributed by atoms with E-state index in [9.17, 15) is 22.4 Å². The van der Waals surface area contributed by atoms with Crippen molar-refractivity contribution in [3.63, 3.8) is 0 Å². The molecule has 0 radical (unpaired) electrons. The predicted molar refractivity (Wildman–Crippen MR) is 143 cm³/mol. The maximum Gasteiger partial charge on any atom is 0.303 e. The van der Waals surface area contributed by atoms with E-state index in [4.69, 9.17) is 0 Å². The Morgan fingerprint density at radius 2 is 1.54 bits per heavy atom. The Bertz CT molecular complexity index is 1360. The third kappa shape index (κ3) is 6.72. The molecule has 0 aliphatic carbocycles. The number of hydrogen-bond donors (Lipinski definition) is 2. The first-order chi connectivity index (χ1) is 17.5. The Hall–Kier alpha value is -3.76. The molecule has 0 aliphatic heterocycles. The van der Waals surface area contributed by atoms with E-state index in [1.807, 2.05) is 13.8 Å². The van der Waals surface area contributed by atoms with Crippen LogP contribution in [0.3, 0.4) is 0 Å². The average Bonchev–Trinajstić information content (AvgIpc) is 2.88. The van der Waals surface area contributed by atoms with E-state index >= 15 is 0 Å². The number of carbonyl (C=O) groups is 2. The topological polar surface area (TPSA) is 98.8 Å². The van der Waals surface area contributed by atoms with Crippen molar-refractivity contribution >= 4 is 33.4 Å². The number of para-hydroxylation sites is 2. The lowest BCUT2D eigenvalue weighted by atomic mass is 10.1. The minimum absolute atomic E-state index is 0.0101. The van der Waals surface area contributed by atoms with E-state index in [2.05, 4.69) is 10.6 Å². The van der Waals surface area contributed by atoms with Gasteiger partial charge in [0.15, 0.2) is 0 Å². The molecular weight excluding hydrogens is 495 g/mol. The highest BCUT2D eigenvalue weighted by Gasteiger charge is 2.27. The van der Waals surface area contributed by atoms with Crippen LogP contribution in [0.4, 0.5) is 15.8 Å². The number of carbonyl (C=O) groups excluding carboxylic acids is 2. The van der Waals surface area contributed by atoms with E-state index in [1.165, 1.54) is 32.3 Å². The maximum atomic E-state index is 14.5. The highest BCUT2D eigenvalue weighted by atomic mass is 32.2. The third-order valence-corrected chi connectivity index (χ3v) is 7.62. The number of halogens is 1. The zero-order chi connectivity index (χ0) is 27.2. The van der Waals surface area contributed by atoms with Crippen molar-refractivity contribution in [2.75, 3.05) is 23.7 Å². The molecule has 3 aromatic carbocycles. The van der Waals surface area contributed by atoms with Gasteiger partial charge in [0.25, 0.3) is 11.8 Å². The summed E-state index contributed by atoms with van der Waals surface area (Å²) in [6, 6.07) is 18.7. The second-order valence-corrected chi connectivity index (χ2v) is 10.8. The fraction of sp³-hybridized carbons (Fsp3) is 0.259. The lowest BCUT2D eigenvalue weighted by Gasteiger charge is -2.27. The predicted octanol–water partition coefficient (Wildman–Crippen LogP) is 4.42. The summed E-state index contributed by atoms with van der Waals surface area (Å²) in [6.45, 7) is 3.73. The molecule has 10 heteroatoms. The second kappa shape index (κ2) is 12.0. The molecule has 0 unspecified atom stereocenters. The molecule has 196 valence electrons. The Morgan fingerprint density at radius 3 is 2.16 bits per heavy atom. The van der Waals surface area contributed by atoms with Gasteiger partial charge in [0, 0.05) is 25.7 Å². The van der Waals surface area contributed by atoms with Gasteiger partial charge in [-0.3, -0.25) is 13.9 Å². The molecule has 0 saturated carbocycles. The Balaban J connectivity index is 1.81. The van der Waals surface area contributed by atoms with Gasteiger partial charge in [0.1, 0.15) is 5.82 Å². The SMILES string of the molecule is CC[C@H](C)NC(=O)c1ccccc1NC(=O)c1ccc(CN(c2ccccc2F)S(=O)(=O)N(C)C)cc1. The van der Waals surface area contributed by atoms with Gasteiger partial charge in [-0.05, 0) is 55.3 Å². The smallest absolute Gasteiger partial charge is 0.303 e. The summed E-state index contributed by atoms with van der Waals surface area (Å²) in [5.41, 5.74) is 1.51. The fourth-order valence-electron chi connectivity index (χ4n) is 3.46. The first-order valence-electron chi connectivity index (χ1n) is 11.8. The summed E-state index contributed by atoms with van der Waals surface area (Å²) >= 11 is 0. The number of anilines is 2. The number of amides is 2. The van der Waals surface area contributed by atoms with Crippen LogP contribution in [0.5, 0.6) is 0 Å². The molecule has 0 saturated heterocycles. The van der Waals surface area contributed by atoms with Gasteiger partial charge in [0.2, 0.25) is 0 Å². The summed E-state index contributed by atoms with van der Waals surface area (Å²) < 4.78 is 42.3. The van der Waals surface area contributed by atoms with Gasteiger partial charge in [-0.15, -0.1) is 0 Å². The zero-order valence-electron chi connectivity index (χ0n) is 21.2. The summed E-state index contributed by atoms with van der Waals surface area (Å²) in [5, 5.41) is 5.66. The van der Waals surface area contributed by atoms with Gasteiger partial charge in [0.05, 0.1) is 23.5 Å². The van der Waals surface area contributed by atoms with Crippen LogP contribution in [0.25, 0.3) is 0 Å². The molecule has 0 bridgehead atoms. The average molecular weight is 527 g/mol. The molecular formula is C27H31FN4O4S. The Morgan fingerprint density at radius 1 is 0.919 bits per heavy atom. The van der Waals surface area contributed by atoms with Crippen LogP contribution in [-0.4, -0.2) is 44.7 Å². The zero-order valence-corrected chi connectivity index (χ0v) is 22.0. The van der Waals surface area contributed by atoms with E-state index in [0.717, 1.165) is 15.0 Å². The molecule has 0 fully saturated rings. The minimum Gasteiger partial charge on any atom is -0.350 e. The van der Waals surface area contributed by atoms with Crippen molar-refractivity contribution in [2.24, 2.45) is 0 Å². The van der Waals surface area contributed by atoms with Crippen LogP contribution in [-0.2, 0) is 16.8 Å². The number of nitrogens with one attached hydrogen (secondary N) is 2. The van der Waals surface area contributed by atoms with Crippen molar-refractivity contribution in [1.82, 2.24) is 9.62 Å². The van der Waals surface area contributed by atoms with Crippen LogP contribution < -0.4 is 14.9 Å². The second-order valence-electron chi connectivity index (χ2n) is 8.73. The van der Waals surface area contributed by atoms with Gasteiger partial charge in [-0.25, -0.2) is 4.39 Å². The van der Waals surface area contributed by atoms with Gasteiger partial charge >= 0.3 is 10.2 Å². The number of benzene rings is 3. The standard InChI is InChI=1S/C27H31FN4O4S/c1-5-19(2)29-27(34)22-10-6-8-12-24(22)30-26(33)21-16-14-20(15-17-21)18-32(37(35,36)31(3)4)25-13-9-7-11-23(25)28/h6-17,19H,5,18H2,1-4H3,(H,29,34)(H,30,33)/t19-/m0/s1. The molecule has 3 rings (SSSR count). The van der Waals surface area contributed by atoms with E-state index in [-0.39, 0.29) is 24.2 Å². The Labute approximate surface area is 217 Å². The fourth-order valence-corrected chi connectivity index (χ4v) is 4.56. The lowest BCUT2D eigenvalue weighted by Crippen LogP contribution is -2.40. The van der Waals surface area contributed by atoms with Crippen LogP contribution in [0.15, 0.2) is 72.8 Å². The minimum atomic E-state index is -3.99. The van der Waals surface area contributed by atoms with Crippen LogP contribution in [0, 0.1) is 5.82 Å². The first-order valence-corrected chi connectivity index (χ1v) is 13.2. The normalized spacial score (nSPS) is 12.2. The highest BCUT2D eigenvalue weighted by molar-refractivity contribution is 7.90. The Kier molecular flexibility index (Phi) is 9.01. The molecule has 2 amide bonds. The highest BCUT2D eigenvalue weighted by Crippen LogP contribution is 2.25. The van der Waals surface area contributed by atoms with Crippen molar-refractivity contribution in [3.05, 3.63) is 95.3 Å². The molecule has 2 N–H and O–H groups in total. The van der Waals surface area contributed by atoms with E-state index < -0.39 is 21.9 Å². The largest absolute Gasteiger partial charge is 0.350 e. The first kappa shape index (κ1) is 27.8. The molecule has 1 atom stereocenters. The molecule has 37 heavy (non-hydrogen) atoms. The monoisotopic (exact) mass is 526 g/mol. The van der Waals surface area contributed by atoms with Crippen LogP contribution in [0.2, 0.25) is 0 Å². The van der Waals surface area contributed by atoms with Crippen LogP contribution >= 0.6 is 0 Å². The maximum absolute atomic E-state index is 14.5. The van der Waals surface area contributed by atoms with E-state index in [0.29, 0.717) is 22.4 Å². The molecule has 8 nitrogen and oxygen atoms in total. The van der Waals surface area contributed by atoms with Gasteiger partial charge in [-0.2, -0.15) is 12.7 Å². The van der Waals surface area contributed by atoms with Crippen molar-refractivity contribution < 1.29 is 22.4 Å². The number of hydrogen-bond acceptors (Lipinski definition) is 4. The van der Waals surface area contributed by atoms with Crippen LogP contribution in [0.1, 0.15) is 46.5 Å². The molecule has 0 aliphatic rings. The quantitative estimate of drug-likeness (QED) is 0.409. The number of rotatable bonds is 10. The van der Waals surface area contributed by atoms with Crippen molar-refractivity contribution in [3.8, 4) is 0 Å². The van der Waals surface area contributed by atoms with E-state index in [1.54, 1.807) is 54.6 Å². The van der Waals surface area contributed by atoms with Crippen molar-refractivity contribution in [2.45, 2.75) is 32.9 Å². The molecule has 0 heterocycles. The van der Waals surface area contributed by atoms with Gasteiger partial charge in [-0.1, -0.05) is 43.3 Å². The number of nitrogens with zero attached hydrogens (tertiary/aromatic N) is 2.